The van der Waals surface area contributed by atoms with E-state index in [1.807, 2.05) is 0 Å². The number of hydrogen-bond acceptors (Lipinski definition) is 3. The van der Waals surface area contributed by atoms with Crippen LogP contribution in [-0.2, 0) is 0 Å². The molecule has 66 valence electrons. The summed E-state index contributed by atoms with van der Waals surface area (Å²) in [5.41, 5.74) is 5.97. The van der Waals surface area contributed by atoms with Gasteiger partial charge in [-0.1, -0.05) is 0 Å². The molecule has 0 aliphatic heterocycles. The van der Waals surface area contributed by atoms with E-state index >= 15 is 0 Å². The lowest BCUT2D eigenvalue weighted by Gasteiger charge is -1.99. The van der Waals surface area contributed by atoms with Crippen molar-refractivity contribution in [3.05, 3.63) is 34.6 Å². The maximum absolute atomic E-state index is 11.4. The predicted molar refractivity (Wildman–Crippen MR) is 50.6 cm³/mol. The summed E-state index contributed by atoms with van der Waals surface area (Å²) in [6.45, 7) is 0. The first kappa shape index (κ1) is 7.67. The molecule has 0 amide bonds. The zero-order valence-electron chi connectivity index (χ0n) is 6.74. The summed E-state index contributed by atoms with van der Waals surface area (Å²) >= 11 is 0. The van der Waals surface area contributed by atoms with E-state index in [4.69, 9.17) is 10.8 Å². The molecule has 1 heterocycles. The van der Waals surface area contributed by atoms with E-state index in [1.165, 1.54) is 18.3 Å². The van der Waals surface area contributed by atoms with E-state index in [0.29, 0.717) is 10.9 Å². The smallest absolute Gasteiger partial charge is 0.212 e. The monoisotopic (exact) mass is 176 g/mol. The second-order valence-corrected chi connectivity index (χ2v) is 2.80. The minimum Gasteiger partial charge on any atom is -0.508 e. The number of nitrogens with two attached hydrogens (primary N) is 1. The van der Waals surface area contributed by atoms with Crippen LogP contribution in [0.25, 0.3) is 10.9 Å². The highest BCUT2D eigenvalue weighted by atomic mass is 16.3. The lowest BCUT2D eigenvalue weighted by Crippen LogP contribution is -2.08. The number of phenolic OH excluding ortho intramolecular Hbond substituents is 1. The van der Waals surface area contributed by atoms with Gasteiger partial charge in [-0.3, -0.25) is 4.79 Å². The van der Waals surface area contributed by atoms with Gasteiger partial charge in [-0.15, -0.1) is 0 Å². The summed E-state index contributed by atoms with van der Waals surface area (Å²) in [5, 5.41) is 9.55. The Kier molecular flexibility index (Phi) is 1.48. The van der Waals surface area contributed by atoms with Crippen molar-refractivity contribution in [2.45, 2.75) is 0 Å². The summed E-state index contributed by atoms with van der Waals surface area (Å²) in [7, 11) is 0. The fraction of sp³-hybridized carbons (Fsp3) is 0. The molecule has 0 bridgehead atoms. The number of phenols is 1. The molecule has 0 aliphatic carbocycles. The number of fused-ring (bicyclic) bond motifs is 1. The molecule has 4 N–H and O–H groups in total. The van der Waals surface area contributed by atoms with Crippen molar-refractivity contribution in [3.8, 4) is 5.75 Å². The number of anilines is 1. The highest BCUT2D eigenvalue weighted by molar-refractivity contribution is 5.82. The molecule has 4 nitrogen and oxygen atoms in total. The maximum atomic E-state index is 11.4. The van der Waals surface area contributed by atoms with E-state index in [-0.39, 0.29) is 16.9 Å². The number of benzene rings is 1. The first-order valence-electron chi connectivity index (χ1n) is 3.78. The van der Waals surface area contributed by atoms with Gasteiger partial charge in [-0.05, 0) is 18.2 Å². The minimum absolute atomic E-state index is 0.0589. The topological polar surface area (TPSA) is 79.1 Å². The largest absolute Gasteiger partial charge is 0.508 e. The van der Waals surface area contributed by atoms with Crippen molar-refractivity contribution in [2.24, 2.45) is 0 Å². The quantitative estimate of drug-likeness (QED) is 0.555. The van der Waals surface area contributed by atoms with Crippen LogP contribution in [0.2, 0.25) is 0 Å². The molecule has 13 heavy (non-hydrogen) atoms. The molecule has 0 saturated heterocycles. The number of pyridine rings is 1. The van der Waals surface area contributed by atoms with Crippen LogP contribution in [0.3, 0.4) is 0 Å². The normalized spacial score (nSPS) is 10.5. The lowest BCUT2D eigenvalue weighted by atomic mass is 10.2. The van der Waals surface area contributed by atoms with Gasteiger partial charge in [0.2, 0.25) is 5.43 Å². The van der Waals surface area contributed by atoms with Crippen molar-refractivity contribution in [1.82, 2.24) is 4.98 Å². The van der Waals surface area contributed by atoms with Crippen molar-refractivity contribution in [3.63, 3.8) is 0 Å². The molecule has 4 heteroatoms. The van der Waals surface area contributed by atoms with Gasteiger partial charge >= 0.3 is 0 Å². The van der Waals surface area contributed by atoms with E-state index in [2.05, 4.69) is 4.98 Å². The Hall–Kier alpha value is -1.97. The summed E-state index contributed by atoms with van der Waals surface area (Å²) in [6, 6.07) is 4.53. The summed E-state index contributed by atoms with van der Waals surface area (Å²) in [6.07, 6.45) is 1.45. The molecule has 0 unspecified atom stereocenters. The van der Waals surface area contributed by atoms with Crippen molar-refractivity contribution < 1.29 is 5.11 Å². The highest BCUT2D eigenvalue weighted by Crippen LogP contribution is 2.15. The van der Waals surface area contributed by atoms with Gasteiger partial charge in [0, 0.05) is 11.7 Å². The Balaban J connectivity index is 2.97. The number of aromatic amines is 1. The first-order valence-corrected chi connectivity index (χ1v) is 3.78. The summed E-state index contributed by atoms with van der Waals surface area (Å²) in [5.74, 6) is 0.0589. The van der Waals surface area contributed by atoms with Gasteiger partial charge in [-0.25, -0.2) is 0 Å². The summed E-state index contributed by atoms with van der Waals surface area (Å²) < 4.78 is 0. The Bertz CT molecular complexity index is 511. The van der Waals surface area contributed by atoms with Gasteiger partial charge < -0.3 is 15.8 Å². The number of H-pyrrole nitrogens is 1. The molecule has 0 radical (unpaired) electrons. The Morgan fingerprint density at radius 1 is 1.38 bits per heavy atom. The van der Waals surface area contributed by atoms with Crippen LogP contribution in [-0.4, -0.2) is 10.1 Å². The van der Waals surface area contributed by atoms with Gasteiger partial charge in [0.05, 0.1) is 11.1 Å². The second-order valence-electron chi connectivity index (χ2n) is 2.80. The van der Waals surface area contributed by atoms with E-state index in [0.717, 1.165) is 0 Å². The fourth-order valence-corrected chi connectivity index (χ4v) is 1.22. The van der Waals surface area contributed by atoms with Crippen molar-refractivity contribution >= 4 is 16.6 Å². The molecule has 1 aromatic carbocycles. The third-order valence-electron chi connectivity index (χ3n) is 1.89. The molecule has 0 fully saturated rings. The van der Waals surface area contributed by atoms with Crippen LogP contribution in [0.5, 0.6) is 5.75 Å². The van der Waals surface area contributed by atoms with Crippen molar-refractivity contribution in [2.75, 3.05) is 5.73 Å². The van der Waals surface area contributed by atoms with Crippen LogP contribution in [0.1, 0.15) is 0 Å². The fourth-order valence-electron chi connectivity index (χ4n) is 1.22. The zero-order chi connectivity index (χ0) is 9.42. The molecule has 0 aliphatic rings. The van der Waals surface area contributed by atoms with E-state index < -0.39 is 0 Å². The number of nitrogen functional groups attached to an aromatic ring is 1. The molecule has 2 aromatic rings. The predicted octanol–water partition coefficient (Wildman–Crippen LogP) is 0.816. The minimum atomic E-state index is -0.260. The number of rotatable bonds is 0. The van der Waals surface area contributed by atoms with Crippen LogP contribution in [0, 0.1) is 0 Å². The molecule has 1 aromatic heterocycles. The number of hydrogen-bond donors (Lipinski definition) is 3. The van der Waals surface area contributed by atoms with Gasteiger partial charge in [0.1, 0.15) is 5.75 Å². The molecule has 0 atom stereocenters. The average molecular weight is 176 g/mol. The Labute approximate surface area is 73.6 Å². The molecule has 2 rings (SSSR count). The van der Waals surface area contributed by atoms with E-state index in [1.54, 1.807) is 6.07 Å². The van der Waals surface area contributed by atoms with E-state index in [9.17, 15) is 4.79 Å². The number of nitrogens with one attached hydrogen (secondary N) is 1. The van der Waals surface area contributed by atoms with Crippen LogP contribution in [0.4, 0.5) is 5.69 Å². The van der Waals surface area contributed by atoms with Gasteiger partial charge in [0.25, 0.3) is 0 Å². The number of aromatic nitrogens is 1. The first-order chi connectivity index (χ1) is 6.18. The van der Waals surface area contributed by atoms with Crippen LogP contribution >= 0.6 is 0 Å². The van der Waals surface area contributed by atoms with Crippen LogP contribution < -0.4 is 11.2 Å². The van der Waals surface area contributed by atoms with Gasteiger partial charge in [-0.2, -0.15) is 0 Å². The summed E-state index contributed by atoms with van der Waals surface area (Å²) in [4.78, 5) is 14.3. The Morgan fingerprint density at radius 3 is 2.92 bits per heavy atom. The molecular formula is C9H8N2O2. The lowest BCUT2D eigenvalue weighted by molar-refractivity contribution is 0.476. The SMILES string of the molecule is Nc1c[nH]c2ccc(O)cc2c1=O. The molecule has 0 saturated carbocycles. The highest BCUT2D eigenvalue weighted by Gasteiger charge is 2.01. The zero-order valence-corrected chi connectivity index (χ0v) is 6.74. The van der Waals surface area contributed by atoms with Crippen molar-refractivity contribution in [1.29, 1.82) is 0 Å². The maximum Gasteiger partial charge on any atom is 0.212 e. The van der Waals surface area contributed by atoms with Gasteiger partial charge in [0.15, 0.2) is 0 Å². The third kappa shape index (κ3) is 1.12. The molecule has 0 spiro atoms. The Morgan fingerprint density at radius 2 is 2.15 bits per heavy atom. The number of aromatic hydroxyl groups is 1. The standard InChI is InChI=1S/C9H8N2O2/c10-7-4-11-8-2-1-5(12)3-6(8)9(7)13/h1-4,12H,10H2,(H,11,13). The van der Waals surface area contributed by atoms with Crippen LogP contribution in [0.15, 0.2) is 29.2 Å². The second kappa shape index (κ2) is 2.52. The third-order valence-corrected chi connectivity index (χ3v) is 1.89. The average Bonchev–Trinajstić information content (AvgIpc) is 2.12. The molecular weight excluding hydrogens is 168 g/mol.